The molecule has 1 heterocycles. The number of rotatable bonds is 8. The highest BCUT2D eigenvalue weighted by Gasteiger charge is 2.30. The first-order chi connectivity index (χ1) is 17.3. The van der Waals surface area contributed by atoms with Crippen LogP contribution in [-0.4, -0.2) is 60.7 Å². The Morgan fingerprint density at radius 2 is 1.89 bits per heavy atom. The average molecular weight is 530 g/mol. The molecule has 1 atom stereocenters. The summed E-state index contributed by atoms with van der Waals surface area (Å²) >= 11 is 0. The van der Waals surface area contributed by atoms with Crippen LogP contribution in [0.15, 0.2) is 42.5 Å². The molecule has 0 radical (unpaired) electrons. The van der Waals surface area contributed by atoms with Crippen molar-refractivity contribution in [3.63, 3.8) is 0 Å². The molecule has 2 aliphatic rings. The zero-order valence-corrected chi connectivity index (χ0v) is 22.9. The molecule has 2 N–H and O–H groups in total. The Hall–Kier alpha value is -2.61. The number of hydrogen-bond donors (Lipinski definition) is 2. The third kappa shape index (κ3) is 7.94. The molecule has 1 amide bonds. The van der Waals surface area contributed by atoms with Crippen LogP contribution >= 0.6 is 12.4 Å². The van der Waals surface area contributed by atoms with Gasteiger partial charge in [0.1, 0.15) is 5.75 Å². The number of aryl methyl sites for hydroxylation is 1. The van der Waals surface area contributed by atoms with Crippen molar-refractivity contribution in [1.82, 2.24) is 10.2 Å². The summed E-state index contributed by atoms with van der Waals surface area (Å²) in [6, 6.07) is 14.2. The van der Waals surface area contributed by atoms with Crippen LogP contribution < -0.4 is 15.0 Å². The number of carbonyl (C=O) groups excluding carboxylic acids is 1. The Morgan fingerprint density at radius 3 is 2.57 bits per heavy atom. The maximum absolute atomic E-state index is 13.3. The van der Waals surface area contributed by atoms with Crippen molar-refractivity contribution in [2.75, 3.05) is 31.6 Å². The standard InChI is InChI=1S/C29H39N3O4.ClH/c1-20-15-25(10-7-24(20)19-32-14-13-30-21(2)18-32)31(3)29(35)23-8-11-26(12-9-23)36-27-6-4-5-22(16-27)17-28(33)34;/h4-7,10,15-16,21,23,26,30H,8-9,11-14,17-19H2,1-3H3,(H,33,34);1H/t21-,23-,26-;/m0./s1. The van der Waals surface area contributed by atoms with Crippen LogP contribution in [0.3, 0.4) is 0 Å². The van der Waals surface area contributed by atoms with Gasteiger partial charge in [-0.1, -0.05) is 18.2 Å². The van der Waals surface area contributed by atoms with E-state index < -0.39 is 5.97 Å². The zero-order chi connectivity index (χ0) is 25.7. The molecule has 2 fully saturated rings. The summed E-state index contributed by atoms with van der Waals surface area (Å²) in [6.45, 7) is 8.45. The maximum Gasteiger partial charge on any atom is 0.307 e. The molecule has 0 unspecified atom stereocenters. The molecular weight excluding hydrogens is 490 g/mol. The largest absolute Gasteiger partial charge is 0.490 e. The molecule has 1 aliphatic carbocycles. The zero-order valence-electron chi connectivity index (χ0n) is 22.1. The van der Waals surface area contributed by atoms with Crippen LogP contribution in [0.2, 0.25) is 0 Å². The minimum Gasteiger partial charge on any atom is -0.490 e. The first kappa shape index (κ1) is 29.0. The molecule has 8 heteroatoms. The second-order valence-electron chi connectivity index (χ2n) is 10.4. The van der Waals surface area contributed by atoms with Gasteiger partial charge in [0.2, 0.25) is 5.91 Å². The van der Waals surface area contributed by atoms with E-state index in [9.17, 15) is 9.59 Å². The number of hydrogen-bond acceptors (Lipinski definition) is 5. The molecule has 0 spiro atoms. The predicted octanol–water partition coefficient (Wildman–Crippen LogP) is 4.44. The molecular formula is C29H40ClN3O4. The van der Waals surface area contributed by atoms with Crippen molar-refractivity contribution < 1.29 is 19.4 Å². The van der Waals surface area contributed by atoms with E-state index in [0.29, 0.717) is 11.8 Å². The van der Waals surface area contributed by atoms with Gasteiger partial charge in [0.15, 0.2) is 0 Å². The van der Waals surface area contributed by atoms with Gasteiger partial charge >= 0.3 is 5.97 Å². The van der Waals surface area contributed by atoms with Crippen LogP contribution in [0.5, 0.6) is 5.75 Å². The fourth-order valence-electron chi connectivity index (χ4n) is 5.39. The van der Waals surface area contributed by atoms with Crippen LogP contribution in [0.1, 0.15) is 49.3 Å². The van der Waals surface area contributed by atoms with E-state index in [1.165, 1.54) is 11.1 Å². The molecule has 7 nitrogen and oxygen atoms in total. The van der Waals surface area contributed by atoms with Crippen LogP contribution in [-0.2, 0) is 22.6 Å². The lowest BCUT2D eigenvalue weighted by Gasteiger charge is -2.32. The lowest BCUT2D eigenvalue weighted by molar-refractivity contribution is -0.136. The molecule has 1 aliphatic heterocycles. The highest BCUT2D eigenvalue weighted by molar-refractivity contribution is 5.94. The summed E-state index contributed by atoms with van der Waals surface area (Å²) in [7, 11) is 1.88. The number of carboxylic acids is 1. The molecule has 0 aromatic heterocycles. The van der Waals surface area contributed by atoms with Crippen molar-refractivity contribution in [3.8, 4) is 5.75 Å². The predicted molar refractivity (Wildman–Crippen MR) is 149 cm³/mol. The first-order valence-corrected chi connectivity index (χ1v) is 13.1. The molecule has 2 aromatic rings. The van der Waals surface area contributed by atoms with E-state index in [1.807, 2.05) is 24.1 Å². The number of halogens is 1. The number of benzene rings is 2. The lowest BCUT2D eigenvalue weighted by atomic mass is 9.86. The van der Waals surface area contributed by atoms with Gasteiger partial charge in [0, 0.05) is 50.9 Å². The summed E-state index contributed by atoms with van der Waals surface area (Å²) < 4.78 is 6.12. The van der Waals surface area contributed by atoms with Gasteiger partial charge in [-0.25, -0.2) is 0 Å². The number of ether oxygens (including phenoxy) is 1. The minimum atomic E-state index is -0.852. The fourth-order valence-corrected chi connectivity index (χ4v) is 5.39. The molecule has 1 saturated carbocycles. The van der Waals surface area contributed by atoms with Gasteiger partial charge in [-0.3, -0.25) is 14.5 Å². The highest BCUT2D eigenvalue weighted by atomic mass is 35.5. The summed E-state index contributed by atoms with van der Waals surface area (Å²) in [5.41, 5.74) is 4.22. The van der Waals surface area contributed by atoms with Gasteiger partial charge < -0.3 is 20.1 Å². The minimum absolute atomic E-state index is 0. The summed E-state index contributed by atoms with van der Waals surface area (Å²) in [5.74, 6) is 0.0105. The Bertz CT molecular complexity index is 1070. The van der Waals surface area contributed by atoms with Gasteiger partial charge in [0.25, 0.3) is 0 Å². The Balaban J connectivity index is 0.00000380. The van der Waals surface area contributed by atoms with E-state index in [2.05, 4.69) is 42.3 Å². The number of anilines is 1. The third-order valence-electron chi connectivity index (χ3n) is 7.47. The number of piperazine rings is 1. The SMILES string of the molecule is Cc1cc(N(C)C(=O)[C@H]2CC[C@H](Oc3cccc(CC(=O)O)c3)CC2)ccc1CN1CCN[C@@H](C)C1.Cl. The first-order valence-electron chi connectivity index (χ1n) is 13.1. The molecule has 1 saturated heterocycles. The Labute approximate surface area is 226 Å². The number of nitrogens with one attached hydrogen (secondary N) is 1. The maximum atomic E-state index is 13.3. The number of aliphatic carboxylic acids is 1. The highest BCUT2D eigenvalue weighted by Crippen LogP contribution is 2.31. The van der Waals surface area contributed by atoms with E-state index in [4.69, 9.17) is 9.84 Å². The van der Waals surface area contributed by atoms with Crippen molar-refractivity contribution in [2.24, 2.45) is 5.92 Å². The second-order valence-corrected chi connectivity index (χ2v) is 10.4. The quantitative estimate of drug-likeness (QED) is 0.526. The smallest absolute Gasteiger partial charge is 0.307 e. The topological polar surface area (TPSA) is 82.1 Å². The molecule has 202 valence electrons. The average Bonchev–Trinajstić information content (AvgIpc) is 2.85. The van der Waals surface area contributed by atoms with Gasteiger partial charge in [0.05, 0.1) is 12.5 Å². The summed E-state index contributed by atoms with van der Waals surface area (Å²) in [4.78, 5) is 28.5. The van der Waals surface area contributed by atoms with E-state index in [-0.39, 0.29) is 36.8 Å². The van der Waals surface area contributed by atoms with Crippen LogP contribution in [0.4, 0.5) is 5.69 Å². The molecule has 37 heavy (non-hydrogen) atoms. The number of carbonyl (C=O) groups is 2. The van der Waals surface area contributed by atoms with E-state index in [0.717, 1.165) is 63.1 Å². The second kappa shape index (κ2) is 13.3. The fraction of sp³-hybridized carbons (Fsp3) is 0.517. The van der Waals surface area contributed by atoms with Gasteiger partial charge in [-0.05, 0) is 80.5 Å². The van der Waals surface area contributed by atoms with Crippen LogP contribution in [0, 0.1) is 12.8 Å². The number of nitrogens with zero attached hydrogens (tertiary/aromatic N) is 2. The number of carboxylic acid groups (broad SMARTS) is 1. The Morgan fingerprint density at radius 1 is 1.14 bits per heavy atom. The molecule has 0 bridgehead atoms. The monoisotopic (exact) mass is 529 g/mol. The Kier molecular flexibility index (Phi) is 10.4. The molecule has 4 rings (SSSR count). The lowest BCUT2D eigenvalue weighted by Crippen LogP contribution is -2.48. The van der Waals surface area contributed by atoms with E-state index in [1.54, 1.807) is 12.1 Å². The van der Waals surface area contributed by atoms with Crippen LogP contribution in [0.25, 0.3) is 0 Å². The normalized spacial score (nSPS) is 22.1. The van der Waals surface area contributed by atoms with Crippen molar-refractivity contribution in [3.05, 3.63) is 59.2 Å². The van der Waals surface area contributed by atoms with Crippen molar-refractivity contribution in [2.45, 2.75) is 64.6 Å². The van der Waals surface area contributed by atoms with Crippen molar-refractivity contribution in [1.29, 1.82) is 0 Å². The molecule has 2 aromatic carbocycles. The van der Waals surface area contributed by atoms with Gasteiger partial charge in [-0.15, -0.1) is 12.4 Å². The van der Waals surface area contributed by atoms with Gasteiger partial charge in [-0.2, -0.15) is 0 Å². The summed E-state index contributed by atoms with van der Waals surface area (Å²) in [5, 5.41) is 12.5. The van der Waals surface area contributed by atoms with E-state index >= 15 is 0 Å². The third-order valence-corrected chi connectivity index (χ3v) is 7.47. The number of amides is 1. The van der Waals surface area contributed by atoms with Crippen molar-refractivity contribution >= 4 is 30.0 Å². The summed E-state index contributed by atoms with van der Waals surface area (Å²) in [6.07, 6.45) is 3.25.